The van der Waals surface area contributed by atoms with Crippen molar-refractivity contribution in [2.75, 3.05) is 6.54 Å². The Balaban J connectivity index is 2.03. The summed E-state index contributed by atoms with van der Waals surface area (Å²) in [7, 11) is -3.46. The zero-order valence-corrected chi connectivity index (χ0v) is 11.7. The summed E-state index contributed by atoms with van der Waals surface area (Å²) in [6, 6.07) is 1.77. The minimum Gasteiger partial charge on any atom is -0.370 e. The van der Waals surface area contributed by atoms with Crippen LogP contribution in [-0.2, 0) is 14.8 Å². The smallest absolute Gasteiger partial charge is 0.250 e. The fourth-order valence-corrected chi connectivity index (χ4v) is 4.53. The van der Waals surface area contributed by atoms with E-state index in [0.717, 1.165) is 18.4 Å². The van der Waals surface area contributed by atoms with Gasteiger partial charge in [-0.15, -0.1) is 11.3 Å². The van der Waals surface area contributed by atoms with Crippen molar-refractivity contribution in [2.45, 2.75) is 30.4 Å². The van der Waals surface area contributed by atoms with Crippen LogP contribution in [-0.4, -0.2) is 20.9 Å². The van der Waals surface area contributed by atoms with Crippen molar-refractivity contribution in [3.8, 4) is 0 Å². The molecule has 5 nitrogen and oxygen atoms in total. The standard InChI is InChI=1S/C11H16N2O3S2/c1-8-2-5-17-10(8)18(15,16)13-7-11(3-4-11)6-9(12)14/h2,5,13H,3-4,6-7H2,1H3,(H2,12,14). The number of primary amides is 1. The Morgan fingerprint density at radius 3 is 2.67 bits per heavy atom. The van der Waals surface area contributed by atoms with Crippen molar-refractivity contribution in [1.82, 2.24) is 4.72 Å². The summed E-state index contributed by atoms with van der Waals surface area (Å²) >= 11 is 1.20. The molecule has 0 atom stereocenters. The van der Waals surface area contributed by atoms with Crippen LogP contribution in [0.2, 0.25) is 0 Å². The lowest BCUT2D eigenvalue weighted by Gasteiger charge is -2.14. The number of nitrogens with one attached hydrogen (secondary N) is 1. The zero-order valence-electron chi connectivity index (χ0n) is 10.1. The third kappa shape index (κ3) is 2.90. The molecule has 100 valence electrons. The largest absolute Gasteiger partial charge is 0.370 e. The SMILES string of the molecule is Cc1ccsc1S(=O)(=O)NCC1(CC(N)=O)CC1. The van der Waals surface area contributed by atoms with Gasteiger partial charge in [0.25, 0.3) is 0 Å². The first-order valence-corrected chi connectivity index (χ1v) is 8.03. The van der Waals surface area contributed by atoms with E-state index in [1.807, 2.05) is 0 Å². The molecule has 0 aromatic carbocycles. The molecule has 1 heterocycles. The number of nitrogens with two attached hydrogens (primary N) is 1. The highest BCUT2D eigenvalue weighted by Gasteiger charge is 2.44. The second-order valence-corrected chi connectivity index (χ2v) is 7.74. The Morgan fingerprint density at radius 2 is 2.22 bits per heavy atom. The van der Waals surface area contributed by atoms with Gasteiger partial charge in [-0.1, -0.05) is 0 Å². The fraction of sp³-hybridized carbons (Fsp3) is 0.545. The van der Waals surface area contributed by atoms with Gasteiger partial charge in [0.2, 0.25) is 15.9 Å². The van der Waals surface area contributed by atoms with Gasteiger partial charge in [0.1, 0.15) is 4.21 Å². The van der Waals surface area contributed by atoms with Crippen LogP contribution in [0.3, 0.4) is 0 Å². The molecule has 0 aliphatic heterocycles. The summed E-state index contributed by atoms with van der Waals surface area (Å²) < 4.78 is 27.0. The first kappa shape index (κ1) is 13.5. The Morgan fingerprint density at radius 1 is 1.56 bits per heavy atom. The number of hydrogen-bond acceptors (Lipinski definition) is 4. The molecule has 7 heteroatoms. The molecule has 2 rings (SSSR count). The monoisotopic (exact) mass is 288 g/mol. The lowest BCUT2D eigenvalue weighted by molar-refractivity contribution is -0.119. The van der Waals surface area contributed by atoms with Crippen molar-refractivity contribution in [1.29, 1.82) is 0 Å². The van der Waals surface area contributed by atoms with Crippen LogP contribution < -0.4 is 10.5 Å². The quantitative estimate of drug-likeness (QED) is 0.818. The first-order valence-electron chi connectivity index (χ1n) is 5.67. The molecule has 1 amide bonds. The molecule has 1 saturated carbocycles. The molecule has 3 N–H and O–H groups in total. The van der Waals surface area contributed by atoms with Gasteiger partial charge in [-0.2, -0.15) is 0 Å². The van der Waals surface area contributed by atoms with Gasteiger partial charge in [-0.05, 0) is 42.2 Å². The number of carbonyl (C=O) groups excluding carboxylic acids is 1. The summed E-state index contributed by atoms with van der Waals surface area (Å²) in [5.41, 5.74) is 5.66. The molecule has 18 heavy (non-hydrogen) atoms. The second kappa shape index (κ2) is 4.64. The summed E-state index contributed by atoms with van der Waals surface area (Å²) in [6.07, 6.45) is 1.95. The summed E-state index contributed by atoms with van der Waals surface area (Å²) in [5.74, 6) is -0.376. The first-order chi connectivity index (χ1) is 8.35. The maximum absolute atomic E-state index is 12.1. The van der Waals surface area contributed by atoms with Crippen LogP contribution in [0.15, 0.2) is 15.7 Å². The number of aryl methyl sites for hydroxylation is 1. The highest BCUT2D eigenvalue weighted by atomic mass is 32.2. The number of thiophene rings is 1. The van der Waals surface area contributed by atoms with Crippen molar-refractivity contribution in [2.24, 2.45) is 11.1 Å². The van der Waals surface area contributed by atoms with E-state index in [0.29, 0.717) is 4.21 Å². The highest BCUT2D eigenvalue weighted by molar-refractivity contribution is 7.91. The molecule has 0 unspecified atom stereocenters. The Bertz CT molecular complexity index is 559. The number of amides is 1. The molecule has 1 aromatic rings. The van der Waals surface area contributed by atoms with Gasteiger partial charge in [-0.25, -0.2) is 13.1 Å². The second-order valence-electron chi connectivity index (χ2n) is 4.86. The summed E-state index contributed by atoms with van der Waals surface area (Å²) in [4.78, 5) is 10.9. The predicted molar refractivity (Wildman–Crippen MR) is 69.7 cm³/mol. The van der Waals surface area contributed by atoms with Gasteiger partial charge in [0.05, 0.1) is 0 Å². The molecule has 1 aliphatic carbocycles. The maximum atomic E-state index is 12.1. The van der Waals surface area contributed by atoms with E-state index >= 15 is 0 Å². The van der Waals surface area contributed by atoms with Gasteiger partial charge in [0, 0.05) is 13.0 Å². The molecule has 0 saturated heterocycles. The van der Waals surface area contributed by atoms with E-state index in [9.17, 15) is 13.2 Å². The van der Waals surface area contributed by atoms with Crippen molar-refractivity contribution in [3.63, 3.8) is 0 Å². The fourth-order valence-electron chi connectivity index (χ4n) is 1.91. The molecular weight excluding hydrogens is 272 g/mol. The minimum atomic E-state index is -3.46. The van der Waals surface area contributed by atoms with Gasteiger partial charge >= 0.3 is 0 Å². The van der Waals surface area contributed by atoms with Crippen molar-refractivity contribution in [3.05, 3.63) is 17.0 Å². The van der Waals surface area contributed by atoms with Crippen LogP contribution in [0.5, 0.6) is 0 Å². The van der Waals surface area contributed by atoms with Crippen LogP contribution >= 0.6 is 11.3 Å². The van der Waals surface area contributed by atoms with Crippen molar-refractivity contribution >= 4 is 27.3 Å². The third-order valence-corrected chi connectivity index (χ3v) is 6.29. The van der Waals surface area contributed by atoms with Gasteiger partial charge < -0.3 is 5.73 Å². The lowest BCUT2D eigenvalue weighted by atomic mass is 10.0. The summed E-state index contributed by atoms with van der Waals surface area (Å²) in [5, 5.41) is 1.75. The Kier molecular flexibility index (Phi) is 3.48. The van der Waals surface area contributed by atoms with Gasteiger partial charge in [-0.3, -0.25) is 4.79 Å². The molecule has 0 radical (unpaired) electrons. The summed E-state index contributed by atoms with van der Waals surface area (Å²) in [6.45, 7) is 2.05. The lowest BCUT2D eigenvalue weighted by Crippen LogP contribution is -2.32. The van der Waals surface area contributed by atoms with Gasteiger partial charge in [0.15, 0.2) is 0 Å². The molecule has 1 aliphatic rings. The number of hydrogen-bond donors (Lipinski definition) is 2. The molecule has 0 spiro atoms. The van der Waals surface area contributed by atoms with Crippen molar-refractivity contribution < 1.29 is 13.2 Å². The molecule has 1 fully saturated rings. The van der Waals surface area contributed by atoms with Crippen LogP contribution in [0, 0.1) is 12.3 Å². The average molecular weight is 288 g/mol. The van der Waals surface area contributed by atoms with E-state index in [-0.39, 0.29) is 24.3 Å². The molecule has 1 aromatic heterocycles. The van der Waals surface area contributed by atoms with Crippen LogP contribution in [0.1, 0.15) is 24.8 Å². The number of sulfonamides is 1. The Labute approximate surface area is 110 Å². The number of rotatable bonds is 6. The minimum absolute atomic E-state index is 0.246. The Hall–Kier alpha value is -0.920. The van der Waals surface area contributed by atoms with E-state index in [4.69, 9.17) is 5.73 Å². The highest BCUT2D eigenvalue weighted by Crippen LogP contribution is 2.48. The van der Waals surface area contributed by atoms with E-state index in [1.165, 1.54) is 11.3 Å². The molecule has 0 bridgehead atoms. The topological polar surface area (TPSA) is 89.3 Å². The third-order valence-electron chi connectivity index (χ3n) is 3.20. The normalized spacial score (nSPS) is 17.6. The maximum Gasteiger partial charge on any atom is 0.250 e. The number of carbonyl (C=O) groups is 1. The van der Waals surface area contributed by atoms with E-state index in [2.05, 4.69) is 4.72 Å². The molecular formula is C11H16N2O3S2. The van der Waals surface area contributed by atoms with Crippen LogP contribution in [0.4, 0.5) is 0 Å². The predicted octanol–water partition coefficient (Wildman–Crippen LogP) is 0.990. The van der Waals surface area contributed by atoms with Crippen LogP contribution in [0.25, 0.3) is 0 Å². The van der Waals surface area contributed by atoms with E-state index in [1.54, 1.807) is 18.4 Å². The zero-order chi connectivity index (χ0) is 13.4. The average Bonchev–Trinajstić information content (AvgIpc) is 2.87. The van der Waals surface area contributed by atoms with E-state index < -0.39 is 10.0 Å².